The fourth-order valence-electron chi connectivity index (χ4n) is 1.82. The van der Waals surface area contributed by atoms with E-state index in [1.807, 2.05) is 30.3 Å². The van der Waals surface area contributed by atoms with E-state index < -0.39 is 18.1 Å². The molecule has 103 valence electrons. The quantitative estimate of drug-likeness (QED) is 0.655. The van der Waals surface area contributed by atoms with E-state index in [0.29, 0.717) is 5.56 Å². The van der Waals surface area contributed by atoms with Gasteiger partial charge in [0.2, 0.25) is 0 Å². The monoisotopic (exact) mass is 308 g/mol. The van der Waals surface area contributed by atoms with E-state index in [2.05, 4.69) is 4.99 Å². The average Bonchev–Trinajstić information content (AvgIpc) is 2.49. The van der Waals surface area contributed by atoms with E-state index in [4.69, 9.17) is 0 Å². The molecule has 2 aromatic carbocycles. The first-order valence-electron chi connectivity index (χ1n) is 6.22. The third kappa shape index (κ3) is 5.46. The smallest absolute Gasteiger partial charge is 0.331 e. The number of aliphatic hydroxyl groups excluding tert-OH is 1. The second kappa shape index (κ2) is 9.25. The van der Waals surface area contributed by atoms with Crippen LogP contribution >= 0.6 is 0 Å². The number of aliphatic imine (C=N–C) groups is 1. The summed E-state index contributed by atoms with van der Waals surface area (Å²) in [6.45, 7) is 0. The third-order valence-corrected chi connectivity index (χ3v) is 2.88. The summed E-state index contributed by atoms with van der Waals surface area (Å²) in [5.74, 6) is -1.16. The van der Waals surface area contributed by atoms with Gasteiger partial charge in [-0.1, -0.05) is 60.7 Å². The summed E-state index contributed by atoms with van der Waals surface area (Å²) in [6, 6.07) is 16.6. The summed E-state index contributed by atoms with van der Waals surface area (Å²) in [7, 11) is 0. The topological polar surface area (TPSA) is 69.9 Å². The van der Waals surface area contributed by atoms with Crippen LogP contribution in [0.15, 0.2) is 65.7 Å². The maximum Gasteiger partial charge on any atom is 0.331 e. The Morgan fingerprint density at radius 1 is 1.00 bits per heavy atom. The first-order valence-corrected chi connectivity index (χ1v) is 6.22. The van der Waals surface area contributed by atoms with Gasteiger partial charge in [-0.25, -0.2) is 4.79 Å². The first kappa shape index (κ1) is 18.2. The number of aliphatic hydroxyl groups is 1. The Balaban J connectivity index is 0.00000220. The number of carboxylic acid groups (broad SMARTS) is 1. The first-order chi connectivity index (χ1) is 9.68. The van der Waals surface area contributed by atoms with E-state index in [-0.39, 0.29) is 51.4 Å². The number of hydrogen-bond donors (Lipinski definition) is 2. The van der Waals surface area contributed by atoms with Crippen molar-refractivity contribution in [2.45, 2.75) is 12.1 Å². The summed E-state index contributed by atoms with van der Waals surface area (Å²) in [5, 5.41) is 19.3. The van der Waals surface area contributed by atoms with Gasteiger partial charge in [0.15, 0.2) is 6.04 Å². The summed E-state index contributed by atoms with van der Waals surface area (Å²) < 4.78 is 0. The molecule has 1 radical (unpaired) electrons. The zero-order chi connectivity index (χ0) is 14.4. The van der Waals surface area contributed by atoms with Crippen LogP contribution < -0.4 is 0 Å². The predicted octanol–water partition coefficient (Wildman–Crippen LogP) is 1.91. The minimum atomic E-state index is -1.22. The SMILES string of the molecule is O=C(O)C(N=Cc1ccccc1)C(O)c1ccccc1.[K]. The van der Waals surface area contributed by atoms with Crippen LogP contribution in [-0.4, -0.2) is 79.8 Å². The Morgan fingerprint density at radius 2 is 1.52 bits per heavy atom. The molecule has 2 rings (SSSR count). The Kier molecular flexibility index (Phi) is 8.02. The van der Waals surface area contributed by atoms with Crippen LogP contribution in [0, 0.1) is 0 Å². The van der Waals surface area contributed by atoms with Gasteiger partial charge in [0.25, 0.3) is 0 Å². The number of nitrogens with zero attached hydrogens (tertiary/aromatic N) is 1. The van der Waals surface area contributed by atoms with Gasteiger partial charge in [-0.05, 0) is 11.1 Å². The number of carboxylic acids is 1. The molecular weight excluding hydrogens is 293 g/mol. The largest absolute Gasteiger partial charge is 0.480 e. The van der Waals surface area contributed by atoms with Crippen molar-refractivity contribution in [2.24, 2.45) is 4.99 Å². The maximum absolute atomic E-state index is 11.3. The van der Waals surface area contributed by atoms with E-state index in [1.54, 1.807) is 30.3 Å². The molecule has 4 nitrogen and oxygen atoms in total. The molecular formula is C16H15KNO3. The molecule has 2 unspecified atom stereocenters. The van der Waals surface area contributed by atoms with E-state index in [0.717, 1.165) is 5.56 Å². The fourth-order valence-corrected chi connectivity index (χ4v) is 1.82. The van der Waals surface area contributed by atoms with E-state index >= 15 is 0 Å². The molecule has 0 aliphatic heterocycles. The molecule has 21 heavy (non-hydrogen) atoms. The van der Waals surface area contributed by atoms with E-state index in [9.17, 15) is 15.0 Å². The summed E-state index contributed by atoms with van der Waals surface area (Å²) in [5.41, 5.74) is 1.32. The summed E-state index contributed by atoms with van der Waals surface area (Å²) >= 11 is 0. The van der Waals surface area contributed by atoms with Gasteiger partial charge >= 0.3 is 5.97 Å². The van der Waals surface area contributed by atoms with Crippen molar-refractivity contribution in [2.75, 3.05) is 0 Å². The van der Waals surface area contributed by atoms with E-state index in [1.165, 1.54) is 6.21 Å². The van der Waals surface area contributed by atoms with Crippen LogP contribution in [0.4, 0.5) is 0 Å². The van der Waals surface area contributed by atoms with Gasteiger partial charge in [0, 0.05) is 57.6 Å². The van der Waals surface area contributed by atoms with Crippen molar-refractivity contribution < 1.29 is 15.0 Å². The molecule has 0 saturated heterocycles. The number of hydrogen-bond acceptors (Lipinski definition) is 3. The van der Waals surface area contributed by atoms with Crippen LogP contribution in [0.3, 0.4) is 0 Å². The maximum atomic E-state index is 11.3. The molecule has 2 atom stereocenters. The van der Waals surface area contributed by atoms with Crippen molar-refractivity contribution in [1.29, 1.82) is 0 Å². The van der Waals surface area contributed by atoms with Crippen LogP contribution in [0.2, 0.25) is 0 Å². The Morgan fingerprint density at radius 3 is 2.05 bits per heavy atom. The van der Waals surface area contributed by atoms with Crippen molar-refractivity contribution in [3.8, 4) is 0 Å². The molecule has 0 saturated carbocycles. The molecule has 0 aliphatic carbocycles. The Labute approximate surface area is 166 Å². The van der Waals surface area contributed by atoms with Gasteiger partial charge in [-0.3, -0.25) is 4.99 Å². The van der Waals surface area contributed by atoms with Crippen molar-refractivity contribution in [3.63, 3.8) is 0 Å². The molecule has 2 aromatic rings. The van der Waals surface area contributed by atoms with Gasteiger partial charge in [-0.2, -0.15) is 0 Å². The minimum absolute atomic E-state index is 0. The van der Waals surface area contributed by atoms with Crippen LogP contribution in [-0.2, 0) is 4.79 Å². The van der Waals surface area contributed by atoms with Crippen molar-refractivity contribution in [1.82, 2.24) is 0 Å². The standard InChI is InChI=1S/C16H15NO3.K/c18-15(13-9-5-2-6-10-13)14(16(19)20)17-11-12-7-3-1-4-8-12;/h1-11,14-15,18H,(H,19,20);. The van der Waals surface area contributed by atoms with Crippen LogP contribution in [0.25, 0.3) is 0 Å². The number of rotatable bonds is 5. The van der Waals surface area contributed by atoms with Gasteiger partial charge in [0.05, 0.1) is 0 Å². The molecule has 5 heteroatoms. The zero-order valence-corrected chi connectivity index (χ0v) is 14.9. The molecule has 0 aromatic heterocycles. The second-order valence-electron chi connectivity index (χ2n) is 4.33. The second-order valence-corrected chi connectivity index (χ2v) is 4.33. The minimum Gasteiger partial charge on any atom is -0.480 e. The number of carbonyl (C=O) groups is 1. The molecule has 0 spiro atoms. The Bertz CT molecular complexity index is 587. The van der Waals surface area contributed by atoms with Gasteiger partial charge in [0.1, 0.15) is 6.10 Å². The molecule has 0 heterocycles. The predicted molar refractivity (Wildman–Crippen MR) is 82.6 cm³/mol. The number of benzene rings is 2. The fraction of sp³-hybridized carbons (Fsp3) is 0.125. The van der Waals surface area contributed by atoms with Gasteiger partial charge in [-0.15, -0.1) is 0 Å². The number of aliphatic carboxylic acids is 1. The Hall–Kier alpha value is -0.824. The van der Waals surface area contributed by atoms with Crippen LogP contribution in [0.1, 0.15) is 17.2 Å². The average molecular weight is 308 g/mol. The van der Waals surface area contributed by atoms with Crippen molar-refractivity contribution >= 4 is 63.6 Å². The molecule has 0 bridgehead atoms. The van der Waals surface area contributed by atoms with Gasteiger partial charge < -0.3 is 10.2 Å². The third-order valence-electron chi connectivity index (χ3n) is 2.88. The summed E-state index contributed by atoms with van der Waals surface area (Å²) in [4.78, 5) is 15.3. The molecule has 0 amide bonds. The van der Waals surface area contributed by atoms with Crippen molar-refractivity contribution in [3.05, 3.63) is 71.8 Å². The summed E-state index contributed by atoms with van der Waals surface area (Å²) in [6.07, 6.45) is 0.291. The zero-order valence-electron chi connectivity index (χ0n) is 11.8. The molecule has 0 aliphatic rings. The van der Waals surface area contributed by atoms with Crippen LogP contribution in [0.5, 0.6) is 0 Å². The molecule has 2 N–H and O–H groups in total. The molecule has 0 fully saturated rings. The normalized spacial score (nSPS) is 13.4.